The van der Waals surface area contributed by atoms with E-state index in [0.717, 1.165) is 5.56 Å². The maximum absolute atomic E-state index is 13.2. The Morgan fingerprint density at radius 3 is 2.84 bits per heavy atom. The summed E-state index contributed by atoms with van der Waals surface area (Å²) >= 11 is 0. The van der Waals surface area contributed by atoms with Crippen LogP contribution in [-0.4, -0.2) is 68.0 Å². The number of methoxy groups -OCH3 is 1. The number of aliphatic imine (C=N–C) groups is 1. The van der Waals surface area contributed by atoms with Crippen molar-refractivity contribution in [1.82, 2.24) is 10.2 Å². The van der Waals surface area contributed by atoms with Crippen LogP contribution in [0, 0.1) is 5.82 Å². The van der Waals surface area contributed by atoms with Crippen LogP contribution in [0.4, 0.5) is 4.39 Å². The summed E-state index contributed by atoms with van der Waals surface area (Å²) in [5.74, 6) is -1.82. The average molecular weight is 429 g/mol. The summed E-state index contributed by atoms with van der Waals surface area (Å²) in [4.78, 5) is 31.2. The number of hydrogen-bond donors (Lipinski definition) is 2. The fourth-order valence-electron chi connectivity index (χ4n) is 3.25. The smallest absolute Gasteiger partial charge is 0.267 e. The summed E-state index contributed by atoms with van der Waals surface area (Å²) < 4.78 is 23.9. The molecule has 0 aromatic heterocycles. The molecule has 1 aromatic rings. The topological polar surface area (TPSA) is 100 Å². The number of halogens is 1. The Bertz CT molecular complexity index is 966. The first-order valence-electron chi connectivity index (χ1n) is 9.73. The Kier molecular flexibility index (Phi) is 7.19. The van der Waals surface area contributed by atoms with Gasteiger partial charge >= 0.3 is 0 Å². The lowest BCUT2D eigenvalue weighted by molar-refractivity contribution is -0.130. The van der Waals surface area contributed by atoms with Crippen molar-refractivity contribution in [2.45, 2.75) is 6.42 Å². The molecule has 0 radical (unpaired) electrons. The van der Waals surface area contributed by atoms with Crippen LogP contribution in [0.1, 0.15) is 5.56 Å². The zero-order valence-corrected chi connectivity index (χ0v) is 17.2. The molecule has 8 nitrogen and oxygen atoms in total. The van der Waals surface area contributed by atoms with E-state index in [1.807, 2.05) is 0 Å². The van der Waals surface area contributed by atoms with Crippen LogP contribution in [0.5, 0.6) is 0 Å². The van der Waals surface area contributed by atoms with Crippen molar-refractivity contribution in [2.24, 2.45) is 4.99 Å². The predicted molar refractivity (Wildman–Crippen MR) is 112 cm³/mol. The molecule has 1 fully saturated rings. The lowest BCUT2D eigenvalue weighted by Crippen LogP contribution is -2.43. The number of benzene rings is 1. The van der Waals surface area contributed by atoms with Gasteiger partial charge in [-0.25, -0.2) is 4.39 Å². The van der Waals surface area contributed by atoms with Crippen molar-refractivity contribution < 1.29 is 28.6 Å². The summed E-state index contributed by atoms with van der Waals surface area (Å²) in [5.41, 5.74) is 1.30. The number of nitrogens with one attached hydrogen (secondary N) is 1. The van der Waals surface area contributed by atoms with E-state index in [0.29, 0.717) is 17.8 Å². The van der Waals surface area contributed by atoms with E-state index in [-0.39, 0.29) is 44.4 Å². The minimum absolute atomic E-state index is 0.171. The van der Waals surface area contributed by atoms with Crippen LogP contribution >= 0.6 is 0 Å². The Hall–Kier alpha value is -3.46. The van der Waals surface area contributed by atoms with Gasteiger partial charge in [0.15, 0.2) is 0 Å². The maximum Gasteiger partial charge on any atom is 0.267 e. The van der Waals surface area contributed by atoms with Gasteiger partial charge in [0.05, 0.1) is 25.4 Å². The number of amides is 2. The molecule has 9 heteroatoms. The zero-order chi connectivity index (χ0) is 22.4. The van der Waals surface area contributed by atoms with Crippen LogP contribution in [0.25, 0.3) is 0 Å². The molecule has 1 aromatic carbocycles. The van der Waals surface area contributed by atoms with Gasteiger partial charge in [-0.2, -0.15) is 0 Å². The number of allylic oxidation sites excluding steroid dienone is 1. The fourth-order valence-corrected chi connectivity index (χ4v) is 3.25. The van der Waals surface area contributed by atoms with E-state index in [9.17, 15) is 19.1 Å². The molecule has 0 saturated carbocycles. The van der Waals surface area contributed by atoms with Gasteiger partial charge in [-0.05, 0) is 17.7 Å². The van der Waals surface area contributed by atoms with Crippen molar-refractivity contribution >= 4 is 18.0 Å². The number of aliphatic hydroxyl groups is 1. The highest BCUT2D eigenvalue weighted by atomic mass is 19.1. The molecule has 2 aliphatic heterocycles. The maximum atomic E-state index is 13.2. The summed E-state index contributed by atoms with van der Waals surface area (Å²) in [7, 11) is 1.49. The molecule has 3 rings (SSSR count). The van der Waals surface area contributed by atoms with Gasteiger partial charge in [0.1, 0.15) is 29.5 Å². The molecule has 2 heterocycles. The number of hydrogen-bond acceptors (Lipinski definition) is 6. The van der Waals surface area contributed by atoms with Crippen LogP contribution in [0.2, 0.25) is 0 Å². The predicted octanol–water partition coefficient (Wildman–Crippen LogP) is 1.65. The Balaban J connectivity index is 1.96. The van der Waals surface area contributed by atoms with Crippen molar-refractivity contribution in [3.63, 3.8) is 0 Å². The molecule has 2 bridgehead atoms. The second-order valence-electron chi connectivity index (χ2n) is 6.95. The zero-order valence-electron chi connectivity index (χ0n) is 17.2. The van der Waals surface area contributed by atoms with Crippen LogP contribution < -0.4 is 5.32 Å². The molecule has 0 atom stereocenters. The number of nitrogens with zero attached hydrogens (tertiary/aromatic N) is 2. The van der Waals surface area contributed by atoms with E-state index in [2.05, 4.69) is 16.9 Å². The first-order valence-corrected chi connectivity index (χ1v) is 9.73. The molecule has 31 heavy (non-hydrogen) atoms. The van der Waals surface area contributed by atoms with Gasteiger partial charge in [-0.1, -0.05) is 18.7 Å². The van der Waals surface area contributed by atoms with Crippen molar-refractivity contribution in [2.75, 3.05) is 40.0 Å². The normalized spacial score (nSPS) is 21.7. The Labute approximate surface area is 179 Å². The minimum atomic E-state index is -0.716. The highest BCUT2D eigenvalue weighted by Crippen LogP contribution is 2.27. The average Bonchev–Trinajstić information content (AvgIpc) is 2.74. The third kappa shape index (κ3) is 5.18. The van der Waals surface area contributed by atoms with Crippen molar-refractivity contribution in [3.05, 3.63) is 70.6 Å². The SMILES string of the molecule is C=C1/C2=C(/Cc3ccc(F)cc3)C=NC/C(O)=C(/C(=O)NCCOC)C(=O)N1CCO2. The van der Waals surface area contributed by atoms with E-state index in [1.54, 1.807) is 12.1 Å². The van der Waals surface area contributed by atoms with E-state index >= 15 is 0 Å². The van der Waals surface area contributed by atoms with Gasteiger partial charge in [0.25, 0.3) is 11.8 Å². The molecule has 164 valence electrons. The summed E-state index contributed by atoms with van der Waals surface area (Å²) in [6.07, 6.45) is 1.87. The van der Waals surface area contributed by atoms with Gasteiger partial charge in [0.2, 0.25) is 0 Å². The second-order valence-corrected chi connectivity index (χ2v) is 6.95. The Morgan fingerprint density at radius 1 is 1.39 bits per heavy atom. The van der Waals surface area contributed by atoms with Gasteiger partial charge in [-0.15, -0.1) is 0 Å². The van der Waals surface area contributed by atoms with Crippen LogP contribution in [-0.2, 0) is 25.5 Å². The molecule has 0 spiro atoms. The van der Waals surface area contributed by atoms with Gasteiger partial charge in [0, 0.05) is 31.9 Å². The van der Waals surface area contributed by atoms with Crippen molar-refractivity contribution in [1.29, 1.82) is 0 Å². The molecular formula is C22H24FN3O5. The number of fused-ring (bicyclic) bond motifs is 2. The highest BCUT2D eigenvalue weighted by molar-refractivity contribution is 6.19. The molecule has 1 saturated heterocycles. The summed E-state index contributed by atoms with van der Waals surface area (Å²) in [6, 6.07) is 5.99. The number of rotatable bonds is 6. The van der Waals surface area contributed by atoms with Crippen LogP contribution in [0.3, 0.4) is 0 Å². The standard InChI is InChI=1S/C22H24FN3O5/c1-14-20-16(11-15-3-5-17(23)6-4-15)12-24-13-18(27)19(21(28)25-7-9-30-2)22(29)26(14)8-10-31-20/h3-6,12,27H,1,7-11,13H2,2H3,(H,25,28)/b19-18+,20-16+,24-12?. The quantitative estimate of drug-likeness (QED) is 0.529. The van der Waals surface area contributed by atoms with Crippen LogP contribution in [0.15, 0.2) is 64.2 Å². The number of aliphatic hydroxyl groups excluding tert-OH is 1. The first-order chi connectivity index (χ1) is 14.9. The molecular weight excluding hydrogens is 405 g/mol. The second kappa shape index (κ2) is 10.0. The highest BCUT2D eigenvalue weighted by Gasteiger charge is 2.34. The number of morpholine rings is 1. The van der Waals surface area contributed by atoms with E-state index in [4.69, 9.17) is 9.47 Å². The Morgan fingerprint density at radius 2 is 2.13 bits per heavy atom. The fraction of sp³-hybridized carbons (Fsp3) is 0.318. The molecule has 2 amide bonds. The molecule has 0 unspecified atom stereocenters. The van der Waals surface area contributed by atoms with Gasteiger partial charge in [-0.3, -0.25) is 14.6 Å². The lowest BCUT2D eigenvalue weighted by atomic mass is 10.0. The number of ether oxygens (including phenoxy) is 2. The molecule has 0 aliphatic carbocycles. The summed E-state index contributed by atoms with van der Waals surface area (Å²) in [6.45, 7) is 4.50. The summed E-state index contributed by atoms with van der Waals surface area (Å²) in [5, 5.41) is 13.0. The van der Waals surface area contributed by atoms with E-state index in [1.165, 1.54) is 30.4 Å². The molecule has 2 aliphatic rings. The monoisotopic (exact) mass is 429 g/mol. The lowest BCUT2D eigenvalue weighted by Gasteiger charge is -2.33. The third-order valence-corrected chi connectivity index (χ3v) is 4.80. The third-order valence-electron chi connectivity index (χ3n) is 4.80. The first kappa shape index (κ1) is 22.2. The van der Waals surface area contributed by atoms with Gasteiger partial charge < -0.3 is 24.8 Å². The molecule has 2 N–H and O–H groups in total. The number of carbonyl (C=O) groups excluding carboxylic acids is 2. The minimum Gasteiger partial charge on any atom is -0.509 e. The van der Waals surface area contributed by atoms with Crippen molar-refractivity contribution in [3.8, 4) is 0 Å². The largest absolute Gasteiger partial charge is 0.509 e. The van der Waals surface area contributed by atoms with E-state index < -0.39 is 23.1 Å². The number of carbonyl (C=O) groups is 2.